The Morgan fingerprint density at radius 1 is 1.43 bits per heavy atom. The average molecular weight is 308 g/mol. The Kier molecular flexibility index (Phi) is 3.51. The molecule has 0 spiro atoms. The van der Waals surface area contributed by atoms with Crippen LogP contribution in [0.3, 0.4) is 0 Å². The minimum absolute atomic E-state index is 0.0407. The summed E-state index contributed by atoms with van der Waals surface area (Å²) in [7, 11) is -1.66. The zero-order chi connectivity index (χ0) is 15.0. The van der Waals surface area contributed by atoms with Gasteiger partial charge in [0.2, 0.25) is 5.16 Å². The van der Waals surface area contributed by atoms with E-state index in [9.17, 15) is 13.0 Å². The summed E-state index contributed by atoms with van der Waals surface area (Å²) in [5.74, 6) is -0.504. The molecule has 0 saturated carbocycles. The maximum Gasteiger partial charge on any atom is 0.240 e. The lowest BCUT2D eigenvalue weighted by molar-refractivity contribution is 0.327. The van der Waals surface area contributed by atoms with Gasteiger partial charge >= 0.3 is 0 Å². The molecule has 3 rings (SSSR count). The molecular weight excluding hydrogens is 298 g/mol. The summed E-state index contributed by atoms with van der Waals surface area (Å²) in [4.78, 5) is 3.94. The van der Waals surface area contributed by atoms with Crippen molar-refractivity contribution in [1.82, 2.24) is 14.8 Å². The van der Waals surface area contributed by atoms with Crippen molar-refractivity contribution in [2.24, 2.45) is 0 Å². The fourth-order valence-electron chi connectivity index (χ4n) is 2.34. The highest BCUT2D eigenvalue weighted by Crippen LogP contribution is 2.39. The molecule has 0 bridgehead atoms. The Balaban J connectivity index is 1.97. The van der Waals surface area contributed by atoms with Crippen molar-refractivity contribution in [2.75, 3.05) is 5.75 Å². The summed E-state index contributed by atoms with van der Waals surface area (Å²) in [6.45, 7) is 0. The fourth-order valence-corrected chi connectivity index (χ4v) is 2.96. The number of nitriles is 1. The van der Waals surface area contributed by atoms with E-state index in [1.54, 1.807) is 18.2 Å². The number of hydrogen-bond donors (Lipinski definition) is 0. The lowest BCUT2D eigenvalue weighted by Crippen LogP contribution is -2.08. The van der Waals surface area contributed by atoms with E-state index in [2.05, 4.69) is 10.1 Å². The monoisotopic (exact) mass is 308 g/mol. The highest BCUT2D eigenvalue weighted by molar-refractivity contribution is 7.85. The van der Waals surface area contributed by atoms with Crippen LogP contribution < -0.4 is 0 Å². The van der Waals surface area contributed by atoms with Crippen molar-refractivity contribution in [3.8, 4) is 6.07 Å². The molecule has 0 saturated heterocycles. The van der Waals surface area contributed by atoms with E-state index in [4.69, 9.17) is 5.26 Å². The highest BCUT2D eigenvalue weighted by atomic mass is 32.2. The van der Waals surface area contributed by atoms with Gasteiger partial charge in [0, 0.05) is 6.42 Å². The fraction of sp³-hybridized carbons (Fsp3) is 0.308. The second-order valence-corrected chi connectivity index (χ2v) is 5.96. The molecule has 1 aliphatic rings. The number of hydrogen-bond acceptors (Lipinski definition) is 4. The molecule has 0 N–H and O–H groups in total. The van der Waals surface area contributed by atoms with Crippen LogP contribution in [0.5, 0.6) is 0 Å². The van der Waals surface area contributed by atoms with Crippen molar-refractivity contribution in [3.63, 3.8) is 0 Å². The third-order valence-electron chi connectivity index (χ3n) is 3.30. The quantitative estimate of drug-likeness (QED) is 0.870. The van der Waals surface area contributed by atoms with Gasteiger partial charge < -0.3 is 0 Å². The van der Waals surface area contributed by atoms with Gasteiger partial charge in [-0.1, -0.05) is 12.1 Å². The SMILES string of the molecule is N#CCS(=O)c1nc2n(n1)[C@H](c1ccc(F)cc1)C[C@@H]2F. The molecule has 2 aromatic rings. The molecule has 1 unspecified atom stereocenters. The number of alkyl halides is 1. The van der Waals surface area contributed by atoms with E-state index >= 15 is 0 Å². The van der Waals surface area contributed by atoms with Gasteiger partial charge in [0.05, 0.1) is 12.1 Å². The number of halogens is 2. The van der Waals surface area contributed by atoms with Crippen molar-refractivity contribution >= 4 is 10.8 Å². The number of aromatic nitrogens is 3. The lowest BCUT2D eigenvalue weighted by Gasteiger charge is -2.11. The molecule has 1 aromatic carbocycles. The number of fused-ring (bicyclic) bond motifs is 1. The summed E-state index contributed by atoms with van der Waals surface area (Å²) in [6, 6.07) is 7.09. The molecule has 0 fully saturated rings. The van der Waals surface area contributed by atoms with Gasteiger partial charge in [-0.2, -0.15) is 5.26 Å². The standard InChI is InChI=1S/C13H10F2N4OS/c14-9-3-1-8(2-4-9)11-7-10(15)12-17-13(18-19(11)12)21(20)6-5-16/h1-4,10-11H,6-7H2/t10-,11-,21?/m0/s1. The van der Waals surface area contributed by atoms with E-state index in [0.29, 0.717) is 5.56 Å². The Morgan fingerprint density at radius 3 is 2.81 bits per heavy atom. The predicted octanol–water partition coefficient (Wildman–Crippen LogP) is 2.05. The molecule has 108 valence electrons. The lowest BCUT2D eigenvalue weighted by atomic mass is 10.0. The molecule has 1 aromatic heterocycles. The smallest absolute Gasteiger partial charge is 0.240 e. The first-order valence-corrected chi connectivity index (χ1v) is 7.53. The number of nitrogens with zero attached hydrogens (tertiary/aromatic N) is 4. The topological polar surface area (TPSA) is 71.6 Å². The van der Waals surface area contributed by atoms with Gasteiger partial charge in [-0.15, -0.1) is 5.10 Å². The molecule has 8 heteroatoms. The van der Waals surface area contributed by atoms with Crippen LogP contribution in [-0.2, 0) is 10.8 Å². The number of benzene rings is 1. The van der Waals surface area contributed by atoms with E-state index in [1.807, 2.05) is 0 Å². The molecule has 3 atom stereocenters. The van der Waals surface area contributed by atoms with Crippen molar-refractivity contribution in [3.05, 3.63) is 41.5 Å². The summed E-state index contributed by atoms with van der Waals surface area (Å²) < 4.78 is 40.1. The van der Waals surface area contributed by atoms with Gasteiger partial charge in [0.1, 0.15) is 22.4 Å². The molecule has 5 nitrogen and oxygen atoms in total. The Morgan fingerprint density at radius 2 is 2.14 bits per heavy atom. The normalized spacial score (nSPS) is 21.8. The van der Waals surface area contributed by atoms with Crippen LogP contribution in [0, 0.1) is 17.1 Å². The first-order chi connectivity index (χ1) is 10.1. The highest BCUT2D eigenvalue weighted by Gasteiger charge is 2.36. The zero-order valence-corrected chi connectivity index (χ0v) is 11.6. The van der Waals surface area contributed by atoms with Gasteiger partial charge in [-0.25, -0.2) is 22.7 Å². The van der Waals surface area contributed by atoms with Crippen LogP contribution in [0.1, 0.15) is 30.0 Å². The molecule has 0 amide bonds. The average Bonchev–Trinajstić information content (AvgIpc) is 3.01. The third kappa shape index (κ3) is 2.45. The third-order valence-corrected chi connectivity index (χ3v) is 4.27. The molecule has 0 aliphatic carbocycles. The van der Waals surface area contributed by atoms with Crippen LogP contribution in [-0.4, -0.2) is 24.7 Å². The maximum absolute atomic E-state index is 14.0. The summed E-state index contributed by atoms with van der Waals surface area (Å²) in [5, 5.41) is 12.6. The van der Waals surface area contributed by atoms with Crippen molar-refractivity contribution < 1.29 is 13.0 Å². The molecule has 21 heavy (non-hydrogen) atoms. The first kappa shape index (κ1) is 13.8. The summed E-state index contributed by atoms with van der Waals surface area (Å²) >= 11 is 0. The Hall–Kier alpha value is -2.14. The molecule has 2 heterocycles. The van der Waals surface area contributed by atoms with Crippen LogP contribution in [0.4, 0.5) is 8.78 Å². The Labute approximate surface area is 121 Å². The maximum atomic E-state index is 14.0. The van der Waals surface area contributed by atoms with Gasteiger partial charge in [-0.3, -0.25) is 0 Å². The predicted molar refractivity (Wildman–Crippen MR) is 69.9 cm³/mol. The van der Waals surface area contributed by atoms with E-state index in [-0.39, 0.29) is 29.0 Å². The molecule has 1 aliphatic heterocycles. The van der Waals surface area contributed by atoms with Gasteiger partial charge in [-0.05, 0) is 17.7 Å². The van der Waals surface area contributed by atoms with Crippen LogP contribution in [0.25, 0.3) is 0 Å². The molecule has 0 radical (unpaired) electrons. The number of rotatable bonds is 3. The Bertz CT molecular complexity index is 738. The second kappa shape index (κ2) is 5.33. The van der Waals surface area contributed by atoms with Crippen LogP contribution >= 0.6 is 0 Å². The zero-order valence-electron chi connectivity index (χ0n) is 10.7. The van der Waals surface area contributed by atoms with E-state index < -0.39 is 23.0 Å². The van der Waals surface area contributed by atoms with E-state index in [1.165, 1.54) is 16.8 Å². The van der Waals surface area contributed by atoms with Crippen molar-refractivity contribution in [1.29, 1.82) is 5.26 Å². The first-order valence-electron chi connectivity index (χ1n) is 6.21. The van der Waals surface area contributed by atoms with Crippen molar-refractivity contribution in [2.45, 2.75) is 23.8 Å². The van der Waals surface area contributed by atoms with Gasteiger partial charge in [0.15, 0.2) is 12.0 Å². The van der Waals surface area contributed by atoms with E-state index in [0.717, 1.165) is 0 Å². The largest absolute Gasteiger partial charge is 0.250 e. The minimum Gasteiger partial charge on any atom is -0.250 e. The molecular formula is C13H10F2N4OS. The van der Waals surface area contributed by atoms with Gasteiger partial charge in [0.25, 0.3) is 0 Å². The van der Waals surface area contributed by atoms with Crippen LogP contribution in [0.2, 0.25) is 0 Å². The minimum atomic E-state index is -1.66. The second-order valence-electron chi connectivity index (χ2n) is 4.62. The summed E-state index contributed by atoms with van der Waals surface area (Å²) in [6.07, 6.45) is -1.16. The van der Waals surface area contributed by atoms with Crippen LogP contribution in [0.15, 0.2) is 29.4 Å². The summed E-state index contributed by atoms with van der Waals surface area (Å²) in [5.41, 5.74) is 0.709.